The Bertz CT molecular complexity index is 379. The smallest absolute Gasteiger partial charge is 0.218 e. The van der Waals surface area contributed by atoms with Crippen molar-refractivity contribution in [1.82, 2.24) is 4.57 Å². The van der Waals surface area contributed by atoms with Crippen molar-refractivity contribution in [3.63, 3.8) is 0 Å². The van der Waals surface area contributed by atoms with Crippen LogP contribution in [0.15, 0.2) is 6.07 Å². The highest BCUT2D eigenvalue weighted by molar-refractivity contribution is 5.55. The molecular formula is C11H17N3O2. The van der Waals surface area contributed by atoms with Gasteiger partial charge in [0.05, 0.1) is 12.3 Å². The van der Waals surface area contributed by atoms with Crippen LogP contribution in [0, 0.1) is 11.3 Å². The highest BCUT2D eigenvalue weighted by Crippen LogP contribution is 2.26. The second-order valence-electron chi connectivity index (χ2n) is 3.19. The molecule has 0 saturated carbocycles. The van der Waals surface area contributed by atoms with Gasteiger partial charge in [0.2, 0.25) is 5.88 Å². The summed E-state index contributed by atoms with van der Waals surface area (Å²) in [6.45, 7) is 6.15. The molecule has 0 aliphatic carbocycles. The van der Waals surface area contributed by atoms with Crippen LogP contribution in [0.5, 0.6) is 5.88 Å². The van der Waals surface area contributed by atoms with E-state index in [4.69, 9.17) is 20.5 Å². The number of nitrogens with two attached hydrogens (primary N) is 1. The van der Waals surface area contributed by atoms with Crippen LogP contribution in [0.2, 0.25) is 0 Å². The molecule has 5 nitrogen and oxygen atoms in total. The Labute approximate surface area is 95.4 Å². The van der Waals surface area contributed by atoms with Gasteiger partial charge >= 0.3 is 0 Å². The highest BCUT2D eigenvalue weighted by Gasteiger charge is 2.12. The SMILES string of the molecule is CCOCCOc1c(N)cc(C#N)n1CC. The summed E-state index contributed by atoms with van der Waals surface area (Å²) in [6, 6.07) is 3.71. The average Bonchev–Trinajstić information content (AvgIpc) is 2.60. The van der Waals surface area contributed by atoms with Crippen LogP contribution in [0.3, 0.4) is 0 Å². The molecule has 1 aromatic rings. The van der Waals surface area contributed by atoms with Gasteiger partial charge in [0.1, 0.15) is 18.4 Å². The lowest BCUT2D eigenvalue weighted by atomic mass is 10.4. The van der Waals surface area contributed by atoms with Crippen molar-refractivity contribution in [2.75, 3.05) is 25.6 Å². The quantitative estimate of drug-likeness (QED) is 0.739. The van der Waals surface area contributed by atoms with E-state index in [2.05, 4.69) is 6.07 Å². The summed E-state index contributed by atoms with van der Waals surface area (Å²) in [6.07, 6.45) is 0. The monoisotopic (exact) mass is 223 g/mol. The zero-order valence-corrected chi connectivity index (χ0v) is 9.69. The zero-order valence-electron chi connectivity index (χ0n) is 9.69. The van der Waals surface area contributed by atoms with Gasteiger partial charge in [-0.1, -0.05) is 0 Å². The largest absolute Gasteiger partial charge is 0.475 e. The van der Waals surface area contributed by atoms with Crippen molar-refractivity contribution in [1.29, 1.82) is 5.26 Å². The van der Waals surface area contributed by atoms with E-state index >= 15 is 0 Å². The summed E-state index contributed by atoms with van der Waals surface area (Å²) in [7, 11) is 0. The fourth-order valence-electron chi connectivity index (χ4n) is 1.46. The van der Waals surface area contributed by atoms with Gasteiger partial charge in [-0.3, -0.25) is 0 Å². The molecule has 0 aliphatic rings. The van der Waals surface area contributed by atoms with Gasteiger partial charge in [-0.2, -0.15) is 5.26 Å². The summed E-state index contributed by atoms with van der Waals surface area (Å²) in [5.41, 5.74) is 6.79. The fraction of sp³-hybridized carbons (Fsp3) is 0.545. The first kappa shape index (κ1) is 12.4. The molecule has 0 spiro atoms. The molecule has 16 heavy (non-hydrogen) atoms. The Balaban J connectivity index is 2.71. The number of ether oxygens (including phenoxy) is 2. The molecular weight excluding hydrogens is 206 g/mol. The van der Waals surface area contributed by atoms with Crippen LogP contribution in [0.4, 0.5) is 5.69 Å². The second kappa shape index (κ2) is 6.03. The van der Waals surface area contributed by atoms with Crippen LogP contribution in [-0.2, 0) is 11.3 Å². The number of nitriles is 1. The summed E-state index contributed by atoms with van der Waals surface area (Å²) >= 11 is 0. The third kappa shape index (κ3) is 2.67. The maximum absolute atomic E-state index is 8.89. The van der Waals surface area contributed by atoms with Gasteiger partial charge in [0, 0.05) is 19.2 Å². The highest BCUT2D eigenvalue weighted by atomic mass is 16.5. The van der Waals surface area contributed by atoms with E-state index in [1.807, 2.05) is 13.8 Å². The lowest BCUT2D eigenvalue weighted by molar-refractivity contribution is 0.107. The van der Waals surface area contributed by atoms with Gasteiger partial charge in [-0.05, 0) is 13.8 Å². The van der Waals surface area contributed by atoms with Crippen LogP contribution in [0.25, 0.3) is 0 Å². The van der Waals surface area contributed by atoms with Crippen LogP contribution >= 0.6 is 0 Å². The molecule has 5 heteroatoms. The van der Waals surface area contributed by atoms with Crippen LogP contribution < -0.4 is 10.5 Å². The van der Waals surface area contributed by atoms with Gasteiger partial charge in [0.25, 0.3) is 0 Å². The van der Waals surface area contributed by atoms with Crippen LogP contribution in [-0.4, -0.2) is 24.4 Å². The molecule has 0 unspecified atom stereocenters. The number of hydrogen-bond acceptors (Lipinski definition) is 4. The average molecular weight is 223 g/mol. The first-order chi connectivity index (χ1) is 7.74. The predicted octanol–water partition coefficient (Wildman–Crippen LogP) is 1.38. The Hall–Kier alpha value is -1.67. The summed E-state index contributed by atoms with van der Waals surface area (Å²) in [4.78, 5) is 0. The van der Waals surface area contributed by atoms with E-state index in [1.165, 1.54) is 0 Å². The minimum atomic E-state index is 0.437. The lowest BCUT2D eigenvalue weighted by Gasteiger charge is -2.10. The van der Waals surface area contributed by atoms with Crippen molar-refractivity contribution < 1.29 is 9.47 Å². The third-order valence-electron chi connectivity index (χ3n) is 2.18. The Morgan fingerprint density at radius 2 is 2.19 bits per heavy atom. The maximum Gasteiger partial charge on any atom is 0.218 e. The number of aromatic nitrogens is 1. The predicted molar refractivity (Wildman–Crippen MR) is 61.2 cm³/mol. The van der Waals surface area contributed by atoms with Crippen LogP contribution in [0.1, 0.15) is 19.5 Å². The zero-order chi connectivity index (χ0) is 12.0. The number of hydrogen-bond donors (Lipinski definition) is 1. The minimum absolute atomic E-state index is 0.437. The van der Waals surface area contributed by atoms with Crippen molar-refractivity contribution in [2.24, 2.45) is 0 Å². The number of nitrogen functional groups attached to an aromatic ring is 1. The molecule has 0 aliphatic heterocycles. The van der Waals surface area contributed by atoms with E-state index in [9.17, 15) is 0 Å². The summed E-state index contributed by atoms with van der Waals surface area (Å²) in [5, 5.41) is 8.89. The Morgan fingerprint density at radius 1 is 1.44 bits per heavy atom. The summed E-state index contributed by atoms with van der Waals surface area (Å²) < 4.78 is 12.4. The lowest BCUT2D eigenvalue weighted by Crippen LogP contribution is -2.10. The number of rotatable bonds is 6. The number of nitrogens with zero attached hydrogens (tertiary/aromatic N) is 2. The molecule has 0 atom stereocenters. The van der Waals surface area contributed by atoms with E-state index in [0.717, 1.165) is 0 Å². The molecule has 0 fully saturated rings. The maximum atomic E-state index is 8.89. The van der Waals surface area contributed by atoms with E-state index < -0.39 is 0 Å². The van der Waals surface area contributed by atoms with E-state index in [-0.39, 0.29) is 0 Å². The van der Waals surface area contributed by atoms with Gasteiger partial charge < -0.3 is 19.8 Å². The topological polar surface area (TPSA) is 73.2 Å². The molecule has 0 saturated heterocycles. The van der Waals surface area contributed by atoms with Crippen molar-refractivity contribution >= 4 is 5.69 Å². The van der Waals surface area contributed by atoms with Crippen molar-refractivity contribution in [3.8, 4) is 11.9 Å². The first-order valence-corrected chi connectivity index (χ1v) is 5.34. The molecule has 0 bridgehead atoms. The van der Waals surface area contributed by atoms with E-state index in [0.29, 0.717) is 43.6 Å². The minimum Gasteiger partial charge on any atom is -0.475 e. The molecule has 1 rings (SSSR count). The molecule has 1 aromatic heterocycles. The van der Waals surface area contributed by atoms with Gasteiger partial charge in [0.15, 0.2) is 0 Å². The third-order valence-corrected chi connectivity index (χ3v) is 2.18. The number of anilines is 1. The summed E-state index contributed by atoms with van der Waals surface area (Å²) in [5.74, 6) is 0.554. The molecule has 2 N–H and O–H groups in total. The Kier molecular flexibility index (Phi) is 4.67. The normalized spacial score (nSPS) is 10.1. The van der Waals surface area contributed by atoms with Crippen molar-refractivity contribution in [3.05, 3.63) is 11.8 Å². The molecule has 0 aromatic carbocycles. The molecule has 0 amide bonds. The Morgan fingerprint density at radius 3 is 2.75 bits per heavy atom. The standard InChI is InChI=1S/C11H17N3O2/c1-3-14-9(8-12)7-10(13)11(14)16-6-5-15-4-2/h7H,3-6,13H2,1-2H3. The van der Waals surface area contributed by atoms with Gasteiger partial charge in [-0.25, -0.2) is 0 Å². The fourth-order valence-corrected chi connectivity index (χ4v) is 1.46. The van der Waals surface area contributed by atoms with E-state index in [1.54, 1.807) is 10.6 Å². The van der Waals surface area contributed by atoms with Crippen molar-refractivity contribution in [2.45, 2.75) is 20.4 Å². The van der Waals surface area contributed by atoms with Gasteiger partial charge in [-0.15, -0.1) is 0 Å². The first-order valence-electron chi connectivity index (χ1n) is 5.34. The molecule has 88 valence electrons. The second-order valence-corrected chi connectivity index (χ2v) is 3.19. The molecule has 0 radical (unpaired) electrons. The molecule has 1 heterocycles.